The fraction of sp³-hybridized carbons (Fsp3) is 0.941. The van der Waals surface area contributed by atoms with Crippen LogP contribution in [0.15, 0.2) is 0 Å². The molecule has 5 nitrogen and oxygen atoms in total. The van der Waals surface area contributed by atoms with Gasteiger partial charge in [0.1, 0.15) is 5.60 Å². The van der Waals surface area contributed by atoms with Gasteiger partial charge in [-0.05, 0) is 66.5 Å². The zero-order valence-corrected chi connectivity index (χ0v) is 14.7. The molecule has 0 aromatic carbocycles. The number of piperidine rings is 1. The first-order valence-corrected chi connectivity index (χ1v) is 8.62. The number of carbonyl (C=O) groups excluding carboxylic acids is 1. The van der Waals surface area contributed by atoms with Crippen LogP contribution in [0.2, 0.25) is 0 Å². The van der Waals surface area contributed by atoms with Gasteiger partial charge in [-0.2, -0.15) is 0 Å². The minimum atomic E-state index is -0.427. The maximum atomic E-state index is 12.1. The second-order valence-corrected chi connectivity index (χ2v) is 7.81. The number of ether oxygens (including phenoxy) is 2. The van der Waals surface area contributed by atoms with Gasteiger partial charge in [0.05, 0.1) is 12.2 Å². The Bertz CT molecular complexity index is 365. The molecule has 0 spiro atoms. The van der Waals surface area contributed by atoms with Crippen LogP contribution in [-0.4, -0.2) is 66.4 Å². The molecule has 0 bridgehead atoms. The first-order chi connectivity index (χ1) is 10.3. The van der Waals surface area contributed by atoms with E-state index in [0.717, 1.165) is 39.1 Å². The summed E-state index contributed by atoms with van der Waals surface area (Å²) in [6.45, 7) is 13.6. The summed E-state index contributed by atoms with van der Waals surface area (Å²) in [5, 5.41) is 0. The minimum Gasteiger partial charge on any atom is -0.444 e. The van der Waals surface area contributed by atoms with Crippen molar-refractivity contribution in [3.63, 3.8) is 0 Å². The number of amides is 1. The number of rotatable bonds is 4. The average molecular weight is 312 g/mol. The lowest BCUT2D eigenvalue weighted by atomic mass is 9.93. The Morgan fingerprint density at radius 3 is 2.23 bits per heavy atom. The van der Waals surface area contributed by atoms with Gasteiger partial charge in [0.15, 0.2) is 0 Å². The highest BCUT2D eigenvalue weighted by atomic mass is 16.6. The van der Waals surface area contributed by atoms with E-state index in [-0.39, 0.29) is 11.7 Å². The Hall–Kier alpha value is -0.810. The Morgan fingerprint density at radius 1 is 1.09 bits per heavy atom. The van der Waals surface area contributed by atoms with E-state index in [9.17, 15) is 4.79 Å². The van der Waals surface area contributed by atoms with Crippen molar-refractivity contribution >= 4 is 6.09 Å². The van der Waals surface area contributed by atoms with Gasteiger partial charge in [0.2, 0.25) is 0 Å². The van der Waals surface area contributed by atoms with Crippen LogP contribution in [0.4, 0.5) is 4.79 Å². The van der Waals surface area contributed by atoms with E-state index in [1.165, 1.54) is 25.9 Å². The van der Waals surface area contributed by atoms with Crippen molar-refractivity contribution in [2.75, 3.05) is 39.3 Å². The second-order valence-electron chi connectivity index (χ2n) is 7.81. The van der Waals surface area contributed by atoms with Gasteiger partial charge >= 0.3 is 6.09 Å². The number of hydrogen-bond acceptors (Lipinski definition) is 4. The summed E-state index contributed by atoms with van der Waals surface area (Å²) in [6.07, 6.45) is 4.20. The van der Waals surface area contributed by atoms with Crippen molar-refractivity contribution in [3.8, 4) is 0 Å². The maximum absolute atomic E-state index is 12.1. The molecule has 2 heterocycles. The molecule has 2 aliphatic heterocycles. The zero-order valence-electron chi connectivity index (χ0n) is 14.7. The molecular formula is C17H32N2O3. The van der Waals surface area contributed by atoms with Crippen LogP contribution in [-0.2, 0) is 9.47 Å². The van der Waals surface area contributed by atoms with E-state index < -0.39 is 5.60 Å². The fourth-order valence-electron chi connectivity index (χ4n) is 3.06. The monoisotopic (exact) mass is 312 g/mol. The lowest BCUT2D eigenvalue weighted by Gasteiger charge is -2.39. The van der Waals surface area contributed by atoms with Crippen molar-refractivity contribution in [2.45, 2.75) is 64.6 Å². The Labute approximate surface area is 134 Å². The lowest BCUT2D eigenvalue weighted by molar-refractivity contribution is -0.0761. The van der Waals surface area contributed by atoms with Gasteiger partial charge in [-0.15, -0.1) is 0 Å². The predicted octanol–water partition coefficient (Wildman–Crippen LogP) is 2.89. The molecule has 0 aromatic rings. The van der Waals surface area contributed by atoms with Gasteiger partial charge < -0.3 is 19.3 Å². The Morgan fingerprint density at radius 2 is 1.68 bits per heavy atom. The third-order valence-corrected chi connectivity index (χ3v) is 4.53. The third kappa shape index (κ3) is 5.43. The van der Waals surface area contributed by atoms with Crippen molar-refractivity contribution in [1.29, 1.82) is 0 Å². The van der Waals surface area contributed by atoms with E-state index in [4.69, 9.17) is 9.47 Å². The normalized spacial score (nSPS) is 22.8. The highest BCUT2D eigenvalue weighted by Gasteiger charge is 2.34. The molecule has 0 unspecified atom stereocenters. The Kier molecular flexibility index (Phi) is 5.72. The van der Waals surface area contributed by atoms with Gasteiger partial charge in [-0.25, -0.2) is 4.79 Å². The molecule has 2 fully saturated rings. The smallest absolute Gasteiger partial charge is 0.410 e. The van der Waals surface area contributed by atoms with Crippen LogP contribution in [0.5, 0.6) is 0 Å². The standard InChI is InChI=1S/C17H32N2O3/c1-16(2,3)22-15(20)19-11-7-17(4,8-12-19)21-14-13-18-9-5-6-10-18/h5-14H2,1-4H3. The van der Waals surface area contributed by atoms with E-state index >= 15 is 0 Å². The summed E-state index contributed by atoms with van der Waals surface area (Å²) in [7, 11) is 0. The fourth-order valence-corrected chi connectivity index (χ4v) is 3.06. The highest BCUT2D eigenvalue weighted by Crippen LogP contribution is 2.27. The first kappa shape index (κ1) is 17.5. The largest absolute Gasteiger partial charge is 0.444 e. The van der Waals surface area contributed by atoms with Crippen LogP contribution in [0.1, 0.15) is 53.4 Å². The van der Waals surface area contributed by atoms with E-state index in [2.05, 4.69) is 11.8 Å². The summed E-state index contributed by atoms with van der Waals surface area (Å²) in [5.41, 5.74) is -0.525. The molecule has 2 aliphatic rings. The molecule has 0 radical (unpaired) electrons. The molecule has 22 heavy (non-hydrogen) atoms. The molecule has 0 aliphatic carbocycles. The topological polar surface area (TPSA) is 42.0 Å². The number of carbonyl (C=O) groups is 1. The second kappa shape index (κ2) is 7.18. The summed E-state index contributed by atoms with van der Waals surface area (Å²) in [6, 6.07) is 0. The quantitative estimate of drug-likeness (QED) is 0.800. The van der Waals surface area contributed by atoms with Crippen LogP contribution < -0.4 is 0 Å². The molecule has 128 valence electrons. The van der Waals surface area contributed by atoms with E-state index in [1.807, 2.05) is 20.8 Å². The minimum absolute atomic E-state index is 0.0990. The number of nitrogens with zero attached hydrogens (tertiary/aromatic N) is 2. The predicted molar refractivity (Wildman–Crippen MR) is 87.1 cm³/mol. The molecule has 0 N–H and O–H groups in total. The van der Waals surface area contributed by atoms with E-state index in [1.54, 1.807) is 4.90 Å². The highest BCUT2D eigenvalue weighted by molar-refractivity contribution is 5.68. The van der Waals surface area contributed by atoms with Gasteiger partial charge in [0.25, 0.3) is 0 Å². The van der Waals surface area contributed by atoms with Crippen molar-refractivity contribution in [3.05, 3.63) is 0 Å². The zero-order chi connectivity index (χ0) is 16.2. The SMILES string of the molecule is CC(C)(C)OC(=O)N1CCC(C)(OCCN2CCCC2)CC1. The van der Waals surface area contributed by atoms with Crippen molar-refractivity contribution in [2.24, 2.45) is 0 Å². The van der Waals surface area contributed by atoms with Gasteiger partial charge in [-0.3, -0.25) is 0 Å². The third-order valence-electron chi connectivity index (χ3n) is 4.53. The van der Waals surface area contributed by atoms with Crippen LogP contribution in [0, 0.1) is 0 Å². The van der Waals surface area contributed by atoms with Crippen molar-refractivity contribution < 1.29 is 14.3 Å². The molecule has 5 heteroatoms. The number of hydrogen-bond donors (Lipinski definition) is 0. The summed E-state index contributed by atoms with van der Waals surface area (Å²) >= 11 is 0. The van der Waals surface area contributed by atoms with Crippen LogP contribution >= 0.6 is 0 Å². The van der Waals surface area contributed by atoms with E-state index in [0.29, 0.717) is 0 Å². The van der Waals surface area contributed by atoms with Crippen LogP contribution in [0.3, 0.4) is 0 Å². The summed E-state index contributed by atoms with van der Waals surface area (Å²) in [4.78, 5) is 16.3. The summed E-state index contributed by atoms with van der Waals surface area (Å²) < 4.78 is 11.6. The Balaban J connectivity index is 1.69. The van der Waals surface area contributed by atoms with Crippen LogP contribution in [0.25, 0.3) is 0 Å². The molecule has 0 saturated carbocycles. The maximum Gasteiger partial charge on any atom is 0.410 e. The van der Waals surface area contributed by atoms with Gasteiger partial charge in [0, 0.05) is 19.6 Å². The average Bonchev–Trinajstić information content (AvgIpc) is 2.90. The first-order valence-electron chi connectivity index (χ1n) is 8.62. The molecule has 0 aromatic heterocycles. The molecular weight excluding hydrogens is 280 g/mol. The summed E-state index contributed by atoms with van der Waals surface area (Å²) in [5.74, 6) is 0. The molecule has 1 amide bonds. The van der Waals surface area contributed by atoms with Gasteiger partial charge in [-0.1, -0.05) is 0 Å². The van der Waals surface area contributed by atoms with Crippen molar-refractivity contribution in [1.82, 2.24) is 9.80 Å². The molecule has 2 rings (SSSR count). The molecule has 0 atom stereocenters. The lowest BCUT2D eigenvalue weighted by Crippen LogP contribution is -2.48. The number of likely N-dealkylation sites (tertiary alicyclic amines) is 2. The molecule has 2 saturated heterocycles.